The minimum absolute atomic E-state index is 0.253. The molecular weight excluding hydrogens is 458 g/mol. The summed E-state index contributed by atoms with van der Waals surface area (Å²) in [6, 6.07) is 21.8. The molecular formula is C26H18ClNO4S. The Morgan fingerprint density at radius 1 is 0.939 bits per heavy atom. The number of fused-ring (bicyclic) bond motifs is 2. The average Bonchev–Trinajstić information content (AvgIpc) is 3.17. The monoisotopic (exact) mass is 475 g/mol. The van der Waals surface area contributed by atoms with Gasteiger partial charge in [-0.05, 0) is 55.0 Å². The predicted octanol–water partition coefficient (Wildman–Crippen LogP) is 7.05. The second-order valence-electron chi connectivity index (χ2n) is 7.56. The van der Waals surface area contributed by atoms with Crippen LogP contribution in [0.4, 0.5) is 5.69 Å². The van der Waals surface area contributed by atoms with Crippen LogP contribution in [0.25, 0.3) is 21.9 Å². The number of amides is 1. The van der Waals surface area contributed by atoms with Gasteiger partial charge in [-0.25, -0.2) is 4.79 Å². The Bertz CT molecular complexity index is 1550. The Balaban J connectivity index is 1.46. The molecule has 1 N–H and O–H groups in total. The molecule has 5 nitrogen and oxygen atoms in total. The summed E-state index contributed by atoms with van der Waals surface area (Å²) in [5.41, 5.74) is 2.78. The van der Waals surface area contributed by atoms with Gasteiger partial charge < -0.3 is 14.2 Å². The van der Waals surface area contributed by atoms with E-state index in [1.165, 1.54) is 6.07 Å². The van der Waals surface area contributed by atoms with Crippen LogP contribution in [-0.4, -0.2) is 5.91 Å². The van der Waals surface area contributed by atoms with Crippen molar-refractivity contribution in [1.82, 2.24) is 0 Å². The number of aryl methyl sites for hydroxylation is 1. The van der Waals surface area contributed by atoms with E-state index in [-0.39, 0.29) is 11.7 Å². The molecule has 0 spiro atoms. The van der Waals surface area contributed by atoms with E-state index in [1.807, 2.05) is 61.5 Å². The standard InChI is InChI=1S/C26H18ClNO4S/c1-15-12-24(29)31-23-13-17(8-11-19(15)23)28-26(30)25-21(20-4-2-3-5-22(20)32-25)14-33-18-9-6-16(27)7-10-18/h2-13H,14H2,1H3,(H,28,30). The molecule has 0 atom stereocenters. The van der Waals surface area contributed by atoms with Crippen LogP contribution in [0.1, 0.15) is 21.7 Å². The maximum Gasteiger partial charge on any atom is 0.336 e. The molecule has 5 aromatic rings. The zero-order valence-electron chi connectivity index (χ0n) is 17.6. The summed E-state index contributed by atoms with van der Waals surface area (Å²) in [5, 5.41) is 5.26. The molecule has 2 heterocycles. The predicted molar refractivity (Wildman–Crippen MR) is 132 cm³/mol. The number of rotatable bonds is 5. The van der Waals surface area contributed by atoms with E-state index in [2.05, 4.69) is 5.32 Å². The lowest BCUT2D eigenvalue weighted by Crippen LogP contribution is -2.13. The molecule has 0 aliphatic heterocycles. The summed E-state index contributed by atoms with van der Waals surface area (Å²) >= 11 is 7.58. The summed E-state index contributed by atoms with van der Waals surface area (Å²) in [4.78, 5) is 26.0. The van der Waals surface area contributed by atoms with Crippen LogP contribution in [0, 0.1) is 6.92 Å². The molecule has 1 amide bonds. The number of hydrogen-bond acceptors (Lipinski definition) is 5. The molecule has 0 radical (unpaired) electrons. The van der Waals surface area contributed by atoms with Gasteiger partial charge in [0, 0.05) is 49.8 Å². The first-order valence-corrected chi connectivity index (χ1v) is 11.6. The van der Waals surface area contributed by atoms with Gasteiger partial charge in [-0.1, -0.05) is 29.8 Å². The Hall–Kier alpha value is -3.48. The van der Waals surface area contributed by atoms with Crippen LogP contribution in [0.5, 0.6) is 0 Å². The van der Waals surface area contributed by atoms with E-state index in [0.29, 0.717) is 27.6 Å². The largest absolute Gasteiger partial charge is 0.451 e. The van der Waals surface area contributed by atoms with Gasteiger partial charge in [0.15, 0.2) is 5.76 Å². The van der Waals surface area contributed by atoms with Crippen LogP contribution >= 0.6 is 23.4 Å². The molecule has 2 aromatic heterocycles. The van der Waals surface area contributed by atoms with Crippen molar-refractivity contribution in [3.8, 4) is 0 Å². The van der Waals surface area contributed by atoms with Gasteiger partial charge in [0.05, 0.1) is 0 Å². The van der Waals surface area contributed by atoms with Crippen LogP contribution in [0.3, 0.4) is 0 Å². The Morgan fingerprint density at radius 3 is 2.55 bits per heavy atom. The number of nitrogens with one attached hydrogen (secondary N) is 1. The van der Waals surface area contributed by atoms with Crippen LogP contribution in [-0.2, 0) is 5.75 Å². The number of carbonyl (C=O) groups is 1. The Kier molecular flexibility index (Phi) is 5.70. The molecule has 0 unspecified atom stereocenters. The molecule has 33 heavy (non-hydrogen) atoms. The second kappa shape index (κ2) is 8.81. The molecule has 164 valence electrons. The summed E-state index contributed by atoms with van der Waals surface area (Å²) in [5.74, 6) is 0.434. The van der Waals surface area contributed by atoms with E-state index >= 15 is 0 Å². The van der Waals surface area contributed by atoms with E-state index in [4.69, 9.17) is 20.4 Å². The number of benzene rings is 3. The van der Waals surface area contributed by atoms with Gasteiger partial charge in [-0.2, -0.15) is 0 Å². The highest BCUT2D eigenvalue weighted by molar-refractivity contribution is 7.98. The third-order valence-electron chi connectivity index (χ3n) is 5.31. The van der Waals surface area contributed by atoms with Gasteiger partial charge in [0.1, 0.15) is 11.2 Å². The molecule has 0 bridgehead atoms. The topological polar surface area (TPSA) is 72.5 Å². The van der Waals surface area contributed by atoms with E-state index in [1.54, 1.807) is 23.9 Å². The summed E-state index contributed by atoms with van der Waals surface area (Å²) < 4.78 is 11.2. The quantitative estimate of drug-likeness (QED) is 0.218. The number of para-hydroxylation sites is 1. The zero-order chi connectivity index (χ0) is 22.9. The number of halogens is 1. The number of thioether (sulfide) groups is 1. The number of hydrogen-bond donors (Lipinski definition) is 1. The highest BCUT2D eigenvalue weighted by Gasteiger charge is 2.21. The van der Waals surface area contributed by atoms with E-state index < -0.39 is 5.63 Å². The third-order valence-corrected chi connectivity index (χ3v) is 6.60. The lowest BCUT2D eigenvalue weighted by Gasteiger charge is -2.07. The van der Waals surface area contributed by atoms with Gasteiger partial charge in [-0.3, -0.25) is 4.79 Å². The summed E-state index contributed by atoms with van der Waals surface area (Å²) in [7, 11) is 0. The molecule has 7 heteroatoms. The maximum absolute atomic E-state index is 13.2. The fraction of sp³-hybridized carbons (Fsp3) is 0.0769. The SMILES string of the molecule is Cc1cc(=O)oc2cc(NC(=O)c3oc4ccccc4c3CSc3ccc(Cl)cc3)ccc12. The number of carbonyl (C=O) groups excluding carboxylic acids is 1. The number of furan rings is 1. The zero-order valence-corrected chi connectivity index (χ0v) is 19.1. The fourth-order valence-electron chi connectivity index (χ4n) is 3.70. The lowest BCUT2D eigenvalue weighted by molar-refractivity contribution is 0.0998. The molecule has 0 saturated heterocycles. The van der Waals surface area contributed by atoms with Crippen molar-refractivity contribution in [1.29, 1.82) is 0 Å². The van der Waals surface area contributed by atoms with Crippen LogP contribution in [0.15, 0.2) is 91.3 Å². The normalized spacial score (nSPS) is 11.2. The maximum atomic E-state index is 13.2. The van der Waals surface area contributed by atoms with Gasteiger partial charge in [0.2, 0.25) is 0 Å². The van der Waals surface area contributed by atoms with Crippen molar-refractivity contribution >= 4 is 56.9 Å². The Labute approximate surface area is 198 Å². The van der Waals surface area contributed by atoms with Crippen molar-refractivity contribution in [2.45, 2.75) is 17.6 Å². The van der Waals surface area contributed by atoms with Crippen LogP contribution < -0.4 is 10.9 Å². The molecule has 3 aromatic carbocycles. The summed E-state index contributed by atoms with van der Waals surface area (Å²) in [6.07, 6.45) is 0. The minimum Gasteiger partial charge on any atom is -0.451 e. The highest BCUT2D eigenvalue weighted by Crippen LogP contribution is 2.33. The van der Waals surface area contributed by atoms with Crippen molar-refractivity contribution < 1.29 is 13.6 Å². The third kappa shape index (κ3) is 4.40. The first kappa shape index (κ1) is 21.4. The number of anilines is 1. The smallest absolute Gasteiger partial charge is 0.336 e. The van der Waals surface area contributed by atoms with Crippen LogP contribution in [0.2, 0.25) is 5.02 Å². The summed E-state index contributed by atoms with van der Waals surface area (Å²) in [6.45, 7) is 1.84. The van der Waals surface area contributed by atoms with Gasteiger partial charge in [-0.15, -0.1) is 11.8 Å². The second-order valence-corrected chi connectivity index (χ2v) is 9.05. The Morgan fingerprint density at radius 2 is 1.73 bits per heavy atom. The van der Waals surface area contributed by atoms with Crippen molar-refractivity contribution in [3.63, 3.8) is 0 Å². The van der Waals surface area contributed by atoms with E-state index in [0.717, 1.165) is 26.8 Å². The molecule has 0 saturated carbocycles. The van der Waals surface area contributed by atoms with Gasteiger partial charge >= 0.3 is 5.63 Å². The molecule has 5 rings (SSSR count). The highest BCUT2D eigenvalue weighted by atomic mass is 35.5. The van der Waals surface area contributed by atoms with Crippen molar-refractivity contribution in [2.75, 3.05) is 5.32 Å². The lowest BCUT2D eigenvalue weighted by atomic mass is 10.1. The molecule has 0 aliphatic rings. The van der Waals surface area contributed by atoms with Crippen molar-refractivity contribution in [2.24, 2.45) is 0 Å². The van der Waals surface area contributed by atoms with Crippen molar-refractivity contribution in [3.05, 3.63) is 105 Å². The van der Waals surface area contributed by atoms with Gasteiger partial charge in [0.25, 0.3) is 5.91 Å². The fourth-order valence-corrected chi connectivity index (χ4v) is 4.75. The first-order chi connectivity index (χ1) is 16.0. The molecule has 0 aliphatic carbocycles. The molecule has 0 fully saturated rings. The first-order valence-electron chi connectivity index (χ1n) is 10.2. The average molecular weight is 476 g/mol. The van der Waals surface area contributed by atoms with E-state index in [9.17, 15) is 9.59 Å². The minimum atomic E-state index is -0.428.